The zero-order valence-corrected chi connectivity index (χ0v) is 13.1. The standard InChI is InChI=1S/C12H18ClN3O2S/c1-11(2)8(12(11,3)4)9-14-15-10(19(13,17)18)16(9)7-5-6-7/h7-8H,5-6H2,1-4H3. The molecule has 0 radical (unpaired) electrons. The van der Waals surface area contributed by atoms with Crippen molar-refractivity contribution in [2.75, 3.05) is 0 Å². The fourth-order valence-electron chi connectivity index (χ4n) is 3.17. The van der Waals surface area contributed by atoms with Crippen molar-refractivity contribution in [2.24, 2.45) is 10.8 Å². The molecule has 1 aromatic rings. The highest BCUT2D eigenvalue weighted by Crippen LogP contribution is 2.73. The Morgan fingerprint density at radius 2 is 1.68 bits per heavy atom. The van der Waals surface area contributed by atoms with E-state index in [-0.39, 0.29) is 27.9 Å². The molecular weight excluding hydrogens is 286 g/mol. The van der Waals surface area contributed by atoms with Crippen LogP contribution in [-0.2, 0) is 9.05 Å². The van der Waals surface area contributed by atoms with Crippen molar-refractivity contribution < 1.29 is 8.42 Å². The number of halogens is 1. The largest absolute Gasteiger partial charge is 0.297 e. The van der Waals surface area contributed by atoms with Crippen LogP contribution in [0.3, 0.4) is 0 Å². The molecule has 1 aromatic heterocycles. The van der Waals surface area contributed by atoms with E-state index in [1.165, 1.54) is 0 Å². The van der Waals surface area contributed by atoms with Gasteiger partial charge in [0.2, 0.25) is 0 Å². The Hall–Kier alpha value is -0.620. The summed E-state index contributed by atoms with van der Waals surface area (Å²) in [6.45, 7) is 8.72. The van der Waals surface area contributed by atoms with Gasteiger partial charge < -0.3 is 0 Å². The molecule has 7 heteroatoms. The number of nitrogens with zero attached hydrogens (tertiary/aromatic N) is 3. The van der Waals surface area contributed by atoms with Crippen LogP contribution in [0.4, 0.5) is 0 Å². The summed E-state index contributed by atoms with van der Waals surface area (Å²) in [5.41, 5.74) is 0.194. The fourth-order valence-corrected chi connectivity index (χ4v) is 4.10. The Kier molecular flexibility index (Phi) is 2.48. The second kappa shape index (κ2) is 3.52. The summed E-state index contributed by atoms with van der Waals surface area (Å²) >= 11 is 0. The van der Waals surface area contributed by atoms with Gasteiger partial charge >= 0.3 is 0 Å². The van der Waals surface area contributed by atoms with Gasteiger partial charge in [0.15, 0.2) is 0 Å². The van der Waals surface area contributed by atoms with E-state index in [9.17, 15) is 8.42 Å². The molecule has 0 aliphatic heterocycles. The van der Waals surface area contributed by atoms with E-state index in [0.29, 0.717) is 0 Å². The van der Waals surface area contributed by atoms with E-state index in [0.717, 1.165) is 18.7 Å². The molecule has 0 aromatic carbocycles. The normalized spacial score (nSPS) is 25.5. The van der Waals surface area contributed by atoms with E-state index in [2.05, 4.69) is 37.9 Å². The van der Waals surface area contributed by atoms with Crippen LogP contribution in [0.2, 0.25) is 0 Å². The topological polar surface area (TPSA) is 64.8 Å². The van der Waals surface area contributed by atoms with Gasteiger partial charge in [-0.1, -0.05) is 27.7 Å². The minimum absolute atomic E-state index is 0.0924. The molecule has 0 spiro atoms. The van der Waals surface area contributed by atoms with E-state index < -0.39 is 9.05 Å². The monoisotopic (exact) mass is 303 g/mol. The van der Waals surface area contributed by atoms with Crippen LogP contribution < -0.4 is 0 Å². The van der Waals surface area contributed by atoms with E-state index in [1.54, 1.807) is 4.57 Å². The van der Waals surface area contributed by atoms with Crippen molar-refractivity contribution in [3.8, 4) is 0 Å². The molecule has 2 saturated carbocycles. The van der Waals surface area contributed by atoms with Crippen molar-refractivity contribution in [1.29, 1.82) is 0 Å². The molecule has 5 nitrogen and oxygen atoms in total. The maximum Gasteiger partial charge on any atom is 0.296 e. The summed E-state index contributed by atoms with van der Waals surface area (Å²) in [4.78, 5) is 0. The Morgan fingerprint density at radius 3 is 2.05 bits per heavy atom. The minimum atomic E-state index is -3.84. The number of hydrogen-bond donors (Lipinski definition) is 0. The smallest absolute Gasteiger partial charge is 0.296 e. The third-order valence-electron chi connectivity index (χ3n) is 5.10. The lowest BCUT2D eigenvalue weighted by Gasteiger charge is -2.08. The molecule has 0 saturated heterocycles. The SMILES string of the molecule is CC1(C)C(c2nnc(S(=O)(=O)Cl)n2C2CC2)C1(C)C. The van der Waals surface area contributed by atoms with Gasteiger partial charge in [-0.05, 0) is 23.7 Å². The molecule has 0 atom stereocenters. The Morgan fingerprint density at radius 1 is 1.16 bits per heavy atom. The third kappa shape index (κ3) is 1.76. The highest BCUT2D eigenvalue weighted by atomic mass is 35.7. The molecular formula is C12H18ClN3O2S. The number of hydrogen-bond acceptors (Lipinski definition) is 4. The lowest BCUT2D eigenvalue weighted by molar-refractivity contribution is 0.457. The van der Waals surface area contributed by atoms with Gasteiger partial charge in [0, 0.05) is 22.6 Å². The lowest BCUT2D eigenvalue weighted by Crippen LogP contribution is -2.09. The lowest BCUT2D eigenvalue weighted by atomic mass is 10.0. The van der Waals surface area contributed by atoms with Crippen molar-refractivity contribution in [3.05, 3.63) is 5.82 Å². The molecule has 2 aliphatic rings. The molecule has 0 amide bonds. The Labute approximate surface area is 117 Å². The van der Waals surface area contributed by atoms with Crippen LogP contribution in [0.25, 0.3) is 0 Å². The number of rotatable bonds is 3. The van der Waals surface area contributed by atoms with Gasteiger partial charge in [-0.25, -0.2) is 8.42 Å². The van der Waals surface area contributed by atoms with E-state index in [1.807, 2.05) is 0 Å². The Bertz CT molecular complexity index is 630. The average molecular weight is 304 g/mol. The first-order valence-electron chi connectivity index (χ1n) is 6.48. The third-order valence-corrected chi connectivity index (χ3v) is 6.23. The summed E-state index contributed by atoms with van der Waals surface area (Å²) in [7, 11) is 1.63. The quantitative estimate of drug-likeness (QED) is 0.805. The van der Waals surface area contributed by atoms with E-state index in [4.69, 9.17) is 10.7 Å². The summed E-state index contributed by atoms with van der Waals surface area (Å²) < 4.78 is 25.0. The van der Waals surface area contributed by atoms with E-state index >= 15 is 0 Å². The molecule has 19 heavy (non-hydrogen) atoms. The predicted molar refractivity (Wildman–Crippen MR) is 71.6 cm³/mol. The molecule has 1 heterocycles. The average Bonchev–Trinajstić information content (AvgIpc) is 3.06. The molecule has 0 N–H and O–H groups in total. The van der Waals surface area contributed by atoms with Gasteiger partial charge in [0.05, 0.1) is 0 Å². The molecule has 106 valence electrons. The van der Waals surface area contributed by atoms with Crippen LogP contribution >= 0.6 is 10.7 Å². The zero-order chi connectivity index (χ0) is 14.2. The van der Waals surface area contributed by atoms with Gasteiger partial charge in [0.25, 0.3) is 14.2 Å². The first-order valence-corrected chi connectivity index (χ1v) is 8.79. The zero-order valence-electron chi connectivity index (χ0n) is 11.5. The number of aromatic nitrogens is 3. The fraction of sp³-hybridized carbons (Fsp3) is 0.833. The van der Waals surface area contributed by atoms with Gasteiger partial charge in [-0.3, -0.25) is 4.57 Å². The van der Waals surface area contributed by atoms with Gasteiger partial charge in [-0.2, -0.15) is 0 Å². The maximum absolute atomic E-state index is 11.6. The van der Waals surface area contributed by atoms with Crippen molar-refractivity contribution in [3.63, 3.8) is 0 Å². The maximum atomic E-state index is 11.6. The van der Waals surface area contributed by atoms with Crippen LogP contribution in [0.1, 0.15) is 58.3 Å². The van der Waals surface area contributed by atoms with Gasteiger partial charge in [0.1, 0.15) is 5.82 Å². The first-order chi connectivity index (χ1) is 8.58. The van der Waals surface area contributed by atoms with Crippen LogP contribution in [0, 0.1) is 10.8 Å². The summed E-state index contributed by atoms with van der Waals surface area (Å²) in [5.74, 6) is 0.997. The first kappa shape index (κ1) is 13.4. The molecule has 0 unspecified atom stereocenters. The molecule has 3 rings (SSSR count). The summed E-state index contributed by atoms with van der Waals surface area (Å²) in [6, 6.07) is 0.195. The van der Waals surface area contributed by atoms with Crippen molar-refractivity contribution in [1.82, 2.24) is 14.8 Å². The van der Waals surface area contributed by atoms with Crippen LogP contribution in [-0.4, -0.2) is 23.2 Å². The summed E-state index contributed by atoms with van der Waals surface area (Å²) in [6.07, 6.45) is 1.94. The molecule has 2 aliphatic carbocycles. The van der Waals surface area contributed by atoms with Crippen molar-refractivity contribution >= 4 is 19.7 Å². The molecule has 0 bridgehead atoms. The predicted octanol–water partition coefficient (Wildman–Crippen LogP) is 2.69. The van der Waals surface area contributed by atoms with Crippen LogP contribution in [0.5, 0.6) is 0 Å². The molecule has 2 fully saturated rings. The second-order valence-corrected chi connectivity index (χ2v) is 9.22. The highest BCUT2D eigenvalue weighted by Gasteiger charge is 2.67. The van der Waals surface area contributed by atoms with Crippen LogP contribution in [0.15, 0.2) is 5.16 Å². The Balaban J connectivity index is 2.12. The van der Waals surface area contributed by atoms with Gasteiger partial charge in [-0.15, -0.1) is 10.2 Å². The second-order valence-electron chi connectivity index (χ2n) is 6.76. The minimum Gasteiger partial charge on any atom is -0.297 e. The summed E-state index contributed by atoms with van der Waals surface area (Å²) in [5, 5.41) is 7.89. The highest BCUT2D eigenvalue weighted by molar-refractivity contribution is 8.13. The van der Waals surface area contributed by atoms with Crippen molar-refractivity contribution in [2.45, 2.75) is 57.7 Å².